The summed E-state index contributed by atoms with van der Waals surface area (Å²) < 4.78 is 0. The van der Waals surface area contributed by atoms with E-state index in [2.05, 4.69) is 19.1 Å². The lowest BCUT2D eigenvalue weighted by Gasteiger charge is -1.99. The molecule has 0 saturated carbocycles. The van der Waals surface area contributed by atoms with Crippen molar-refractivity contribution >= 4 is 23.7 Å². The third-order valence-electron chi connectivity index (χ3n) is 3.29. The van der Waals surface area contributed by atoms with Gasteiger partial charge in [0, 0.05) is 0 Å². The highest BCUT2D eigenvalue weighted by molar-refractivity contribution is 7.11. The van der Waals surface area contributed by atoms with Crippen LogP contribution >= 0.6 is 11.3 Å². The SMILES string of the molecule is CCCCCCCCCCC=Cc1csc(C=O)c1. The van der Waals surface area contributed by atoms with Crippen molar-refractivity contribution in [2.45, 2.75) is 64.7 Å². The van der Waals surface area contributed by atoms with Crippen LogP contribution in [0.2, 0.25) is 0 Å². The van der Waals surface area contributed by atoms with Gasteiger partial charge in [0.05, 0.1) is 4.88 Å². The van der Waals surface area contributed by atoms with Crippen LogP contribution in [-0.4, -0.2) is 6.29 Å². The molecule has 1 aromatic heterocycles. The first-order chi connectivity index (χ1) is 9.36. The maximum absolute atomic E-state index is 10.5. The molecule has 0 spiro atoms. The first-order valence-corrected chi connectivity index (χ1v) is 8.45. The van der Waals surface area contributed by atoms with Crippen molar-refractivity contribution in [3.05, 3.63) is 28.0 Å². The predicted molar refractivity (Wildman–Crippen MR) is 86.0 cm³/mol. The van der Waals surface area contributed by atoms with E-state index in [4.69, 9.17) is 0 Å². The lowest BCUT2D eigenvalue weighted by Crippen LogP contribution is -1.79. The maximum Gasteiger partial charge on any atom is 0.160 e. The van der Waals surface area contributed by atoms with Gasteiger partial charge in [0.2, 0.25) is 0 Å². The van der Waals surface area contributed by atoms with Gasteiger partial charge in [0.25, 0.3) is 0 Å². The van der Waals surface area contributed by atoms with Crippen LogP contribution in [0, 0.1) is 0 Å². The summed E-state index contributed by atoms with van der Waals surface area (Å²) in [4.78, 5) is 11.4. The molecule has 0 amide bonds. The molecule has 0 aliphatic heterocycles. The molecular weight excluding hydrogens is 252 g/mol. The van der Waals surface area contributed by atoms with Crippen LogP contribution in [0.5, 0.6) is 0 Å². The van der Waals surface area contributed by atoms with Crippen LogP contribution in [0.15, 0.2) is 17.5 Å². The van der Waals surface area contributed by atoms with Gasteiger partial charge in [-0.2, -0.15) is 0 Å². The van der Waals surface area contributed by atoms with Crippen LogP contribution in [0.1, 0.15) is 79.9 Å². The number of allylic oxidation sites excluding steroid dienone is 1. The number of unbranched alkanes of at least 4 members (excludes halogenated alkanes) is 8. The zero-order valence-electron chi connectivity index (χ0n) is 12.1. The molecule has 0 N–H and O–H groups in total. The third-order valence-corrected chi connectivity index (χ3v) is 4.17. The average Bonchev–Trinajstić information content (AvgIpc) is 2.89. The second kappa shape index (κ2) is 11.0. The fourth-order valence-corrected chi connectivity index (χ4v) is 2.81. The van der Waals surface area contributed by atoms with Crippen molar-refractivity contribution in [1.29, 1.82) is 0 Å². The van der Waals surface area contributed by atoms with Crippen LogP contribution in [0.4, 0.5) is 0 Å². The molecule has 19 heavy (non-hydrogen) atoms. The predicted octanol–water partition coefficient (Wildman–Crippen LogP) is 6.10. The summed E-state index contributed by atoms with van der Waals surface area (Å²) in [5.41, 5.74) is 1.16. The fraction of sp³-hybridized carbons (Fsp3) is 0.588. The number of hydrogen-bond donors (Lipinski definition) is 0. The zero-order valence-corrected chi connectivity index (χ0v) is 12.9. The van der Waals surface area contributed by atoms with Gasteiger partial charge in [0.15, 0.2) is 6.29 Å². The Labute approximate surface area is 121 Å². The second-order valence-corrected chi connectivity index (χ2v) is 6.01. The Morgan fingerprint density at radius 1 is 1.05 bits per heavy atom. The molecule has 0 atom stereocenters. The molecule has 106 valence electrons. The Bertz CT molecular complexity index is 365. The number of thiophene rings is 1. The minimum atomic E-state index is 0.812. The number of carbonyl (C=O) groups is 1. The highest BCUT2D eigenvalue weighted by Crippen LogP contribution is 2.15. The molecule has 0 fully saturated rings. The number of hydrogen-bond acceptors (Lipinski definition) is 2. The van der Waals surface area contributed by atoms with E-state index in [0.717, 1.165) is 23.1 Å². The van der Waals surface area contributed by atoms with Crippen molar-refractivity contribution in [2.75, 3.05) is 0 Å². The maximum atomic E-state index is 10.5. The zero-order chi connectivity index (χ0) is 13.8. The Balaban J connectivity index is 1.97. The standard InChI is InChI=1S/C17H26OS/c1-2-3-4-5-6-7-8-9-10-11-12-16-13-17(14-18)19-15-16/h11-15H,2-10H2,1H3. The summed E-state index contributed by atoms with van der Waals surface area (Å²) in [7, 11) is 0. The monoisotopic (exact) mass is 278 g/mol. The quantitative estimate of drug-likeness (QED) is 0.353. The van der Waals surface area contributed by atoms with Crippen LogP contribution in [-0.2, 0) is 0 Å². The lowest BCUT2D eigenvalue weighted by atomic mass is 10.1. The van der Waals surface area contributed by atoms with E-state index in [1.165, 1.54) is 62.7 Å². The molecule has 1 heterocycles. The number of rotatable bonds is 11. The highest BCUT2D eigenvalue weighted by atomic mass is 32.1. The summed E-state index contributed by atoms with van der Waals surface area (Å²) in [6.45, 7) is 2.26. The van der Waals surface area contributed by atoms with E-state index in [9.17, 15) is 4.79 Å². The van der Waals surface area contributed by atoms with Gasteiger partial charge in [0.1, 0.15) is 0 Å². The molecule has 0 unspecified atom stereocenters. The molecule has 2 heteroatoms. The highest BCUT2D eigenvalue weighted by Gasteiger charge is 1.94. The molecule has 0 bridgehead atoms. The van der Waals surface area contributed by atoms with Gasteiger partial charge in [-0.1, -0.05) is 64.0 Å². The van der Waals surface area contributed by atoms with E-state index in [-0.39, 0.29) is 0 Å². The van der Waals surface area contributed by atoms with Crippen LogP contribution in [0.3, 0.4) is 0 Å². The van der Waals surface area contributed by atoms with Crippen molar-refractivity contribution in [1.82, 2.24) is 0 Å². The van der Waals surface area contributed by atoms with Crippen molar-refractivity contribution in [3.63, 3.8) is 0 Å². The second-order valence-electron chi connectivity index (χ2n) is 5.07. The van der Waals surface area contributed by atoms with Gasteiger partial charge in [-0.3, -0.25) is 4.79 Å². The summed E-state index contributed by atoms with van der Waals surface area (Å²) in [5.74, 6) is 0. The van der Waals surface area contributed by atoms with E-state index in [0.29, 0.717) is 0 Å². The lowest BCUT2D eigenvalue weighted by molar-refractivity contribution is 0.112. The summed E-state index contributed by atoms with van der Waals surface area (Å²) in [6.07, 6.45) is 17.4. The topological polar surface area (TPSA) is 17.1 Å². The van der Waals surface area contributed by atoms with Gasteiger partial charge < -0.3 is 0 Å². The molecule has 1 aromatic rings. The third kappa shape index (κ3) is 7.99. The van der Waals surface area contributed by atoms with Crippen molar-refractivity contribution in [3.8, 4) is 0 Å². The Hall–Kier alpha value is -0.890. The van der Waals surface area contributed by atoms with E-state index >= 15 is 0 Å². The van der Waals surface area contributed by atoms with Crippen LogP contribution in [0.25, 0.3) is 6.08 Å². The summed E-state index contributed by atoms with van der Waals surface area (Å²) >= 11 is 1.51. The Morgan fingerprint density at radius 3 is 2.37 bits per heavy atom. The van der Waals surface area contributed by atoms with Gasteiger partial charge in [-0.15, -0.1) is 11.3 Å². The van der Waals surface area contributed by atoms with E-state index in [1.807, 2.05) is 11.4 Å². The van der Waals surface area contributed by atoms with Crippen LogP contribution < -0.4 is 0 Å². The minimum Gasteiger partial charge on any atom is -0.297 e. The van der Waals surface area contributed by atoms with E-state index in [1.54, 1.807) is 0 Å². The molecule has 0 aromatic carbocycles. The summed E-state index contributed by atoms with van der Waals surface area (Å²) in [6, 6.07) is 1.95. The Kier molecular flexibility index (Phi) is 9.34. The average molecular weight is 278 g/mol. The molecule has 0 aliphatic rings. The number of aldehydes is 1. The van der Waals surface area contributed by atoms with E-state index < -0.39 is 0 Å². The summed E-state index contributed by atoms with van der Waals surface area (Å²) in [5, 5.41) is 2.04. The van der Waals surface area contributed by atoms with Gasteiger partial charge in [-0.25, -0.2) is 0 Å². The molecule has 0 saturated heterocycles. The minimum absolute atomic E-state index is 0.812. The molecule has 0 aliphatic carbocycles. The van der Waals surface area contributed by atoms with Gasteiger partial charge >= 0.3 is 0 Å². The normalized spacial score (nSPS) is 11.2. The molecular formula is C17H26OS. The smallest absolute Gasteiger partial charge is 0.160 e. The largest absolute Gasteiger partial charge is 0.297 e. The van der Waals surface area contributed by atoms with Crippen molar-refractivity contribution < 1.29 is 4.79 Å². The van der Waals surface area contributed by atoms with Gasteiger partial charge in [-0.05, 0) is 29.9 Å². The first kappa shape index (κ1) is 16.2. The number of carbonyl (C=O) groups excluding carboxylic acids is 1. The molecule has 0 radical (unpaired) electrons. The molecule has 1 nitrogen and oxygen atoms in total. The first-order valence-electron chi connectivity index (χ1n) is 7.57. The fourth-order valence-electron chi connectivity index (χ4n) is 2.13. The Morgan fingerprint density at radius 2 is 1.74 bits per heavy atom. The molecule has 1 rings (SSSR count). The van der Waals surface area contributed by atoms with Crippen molar-refractivity contribution in [2.24, 2.45) is 0 Å².